The zero-order valence-corrected chi connectivity index (χ0v) is 18.3. The summed E-state index contributed by atoms with van der Waals surface area (Å²) >= 11 is 0.942. The third-order valence-corrected chi connectivity index (χ3v) is 5.20. The van der Waals surface area contributed by atoms with Gasteiger partial charge in [0.25, 0.3) is 11.8 Å². The first-order valence-electron chi connectivity index (χ1n) is 9.53. The fourth-order valence-corrected chi connectivity index (χ4v) is 3.69. The molecule has 2 rings (SSSR count). The van der Waals surface area contributed by atoms with Crippen molar-refractivity contribution >= 4 is 40.1 Å². The van der Waals surface area contributed by atoms with Gasteiger partial charge in [-0.15, -0.1) is 11.3 Å². The molecule has 10 heteroatoms. The van der Waals surface area contributed by atoms with E-state index in [1.54, 1.807) is 26.0 Å². The minimum atomic E-state index is -0.656. The number of anilines is 1. The van der Waals surface area contributed by atoms with Crippen molar-refractivity contribution in [2.45, 2.75) is 20.3 Å². The maximum Gasteiger partial charge on any atom is 0.341 e. The van der Waals surface area contributed by atoms with Crippen molar-refractivity contribution in [2.75, 3.05) is 32.2 Å². The van der Waals surface area contributed by atoms with Gasteiger partial charge in [-0.3, -0.25) is 14.4 Å². The van der Waals surface area contributed by atoms with Gasteiger partial charge in [0.15, 0.2) is 6.61 Å². The molecule has 1 heterocycles. The standard InChI is InChI=1S/C21H24N2O7S/c1-4-28-21(27)17-13(2)18(19(26)22-3)31-20(17)23-15(24)12-30-16(25)10-11-29-14-8-6-5-7-9-14/h5-9H,4,10-12H2,1-3H3,(H,22,26)(H,23,24). The van der Waals surface area contributed by atoms with Crippen LogP contribution in [0.15, 0.2) is 30.3 Å². The molecule has 0 saturated carbocycles. The highest BCUT2D eigenvalue weighted by molar-refractivity contribution is 7.18. The molecule has 0 radical (unpaired) electrons. The van der Waals surface area contributed by atoms with E-state index in [2.05, 4.69) is 10.6 Å². The van der Waals surface area contributed by atoms with Gasteiger partial charge in [-0.05, 0) is 31.5 Å². The average molecular weight is 448 g/mol. The Hall–Kier alpha value is -3.40. The van der Waals surface area contributed by atoms with Crippen molar-refractivity contribution < 1.29 is 33.4 Å². The van der Waals surface area contributed by atoms with Crippen LogP contribution in [0, 0.1) is 6.92 Å². The van der Waals surface area contributed by atoms with Gasteiger partial charge in [0.05, 0.1) is 30.1 Å². The molecule has 31 heavy (non-hydrogen) atoms. The molecule has 0 aliphatic carbocycles. The van der Waals surface area contributed by atoms with Crippen LogP contribution in [0.5, 0.6) is 5.75 Å². The van der Waals surface area contributed by atoms with Gasteiger partial charge in [-0.1, -0.05) is 18.2 Å². The fourth-order valence-electron chi connectivity index (χ4n) is 2.53. The van der Waals surface area contributed by atoms with E-state index in [-0.39, 0.29) is 35.1 Å². The normalized spacial score (nSPS) is 10.2. The molecule has 0 bridgehead atoms. The van der Waals surface area contributed by atoms with Crippen LogP contribution >= 0.6 is 11.3 Å². The van der Waals surface area contributed by atoms with E-state index >= 15 is 0 Å². The number of rotatable bonds is 10. The molecule has 0 spiro atoms. The number of para-hydroxylation sites is 1. The average Bonchev–Trinajstić information content (AvgIpc) is 3.08. The second kappa shape index (κ2) is 11.7. The number of carbonyl (C=O) groups is 4. The van der Waals surface area contributed by atoms with Crippen molar-refractivity contribution in [2.24, 2.45) is 0 Å². The highest BCUT2D eigenvalue weighted by atomic mass is 32.1. The predicted octanol–water partition coefficient (Wildman–Crippen LogP) is 2.54. The third-order valence-electron chi connectivity index (χ3n) is 3.99. The summed E-state index contributed by atoms with van der Waals surface area (Å²) < 4.78 is 15.4. The smallest absolute Gasteiger partial charge is 0.341 e. The van der Waals surface area contributed by atoms with E-state index in [0.29, 0.717) is 11.3 Å². The van der Waals surface area contributed by atoms with Crippen molar-refractivity contribution in [3.8, 4) is 5.75 Å². The molecule has 0 aliphatic heterocycles. The summed E-state index contributed by atoms with van der Waals surface area (Å²) in [7, 11) is 1.46. The molecule has 2 N–H and O–H groups in total. The quantitative estimate of drug-likeness (QED) is 0.536. The van der Waals surface area contributed by atoms with Gasteiger partial charge in [0, 0.05) is 7.05 Å². The van der Waals surface area contributed by atoms with Crippen LogP contribution in [0.25, 0.3) is 0 Å². The zero-order valence-electron chi connectivity index (χ0n) is 17.5. The molecule has 1 aromatic carbocycles. The Morgan fingerprint density at radius 3 is 2.42 bits per heavy atom. The van der Waals surface area contributed by atoms with Crippen LogP contribution in [0.2, 0.25) is 0 Å². The van der Waals surface area contributed by atoms with E-state index in [1.807, 2.05) is 18.2 Å². The predicted molar refractivity (Wildman–Crippen MR) is 115 cm³/mol. The number of amides is 2. The first kappa shape index (κ1) is 23.9. The molecule has 0 fully saturated rings. The molecule has 9 nitrogen and oxygen atoms in total. The van der Waals surface area contributed by atoms with Crippen molar-refractivity contribution in [1.82, 2.24) is 5.32 Å². The zero-order chi connectivity index (χ0) is 22.8. The van der Waals surface area contributed by atoms with Crippen LogP contribution in [-0.4, -0.2) is 50.6 Å². The number of hydrogen-bond acceptors (Lipinski definition) is 8. The summed E-state index contributed by atoms with van der Waals surface area (Å²) in [5.74, 6) is -1.67. The number of benzene rings is 1. The summed E-state index contributed by atoms with van der Waals surface area (Å²) in [5.41, 5.74) is 0.495. The van der Waals surface area contributed by atoms with Crippen molar-refractivity contribution in [1.29, 1.82) is 0 Å². The maximum atomic E-state index is 12.3. The van der Waals surface area contributed by atoms with E-state index in [0.717, 1.165) is 11.3 Å². The summed E-state index contributed by atoms with van der Waals surface area (Å²) in [6.45, 7) is 2.95. The summed E-state index contributed by atoms with van der Waals surface area (Å²) in [6.07, 6.45) is -0.0326. The second-order valence-electron chi connectivity index (χ2n) is 6.18. The molecular formula is C21H24N2O7S. The Balaban J connectivity index is 1.93. The lowest BCUT2D eigenvalue weighted by Gasteiger charge is -2.08. The van der Waals surface area contributed by atoms with Gasteiger partial charge in [-0.2, -0.15) is 0 Å². The lowest BCUT2D eigenvalue weighted by Crippen LogP contribution is -2.22. The molecule has 0 aliphatic rings. The Morgan fingerprint density at radius 2 is 1.77 bits per heavy atom. The van der Waals surface area contributed by atoms with Gasteiger partial charge >= 0.3 is 11.9 Å². The van der Waals surface area contributed by atoms with Crippen LogP contribution < -0.4 is 15.4 Å². The SMILES string of the molecule is CCOC(=O)c1c(NC(=O)COC(=O)CCOc2ccccc2)sc(C(=O)NC)c1C. The lowest BCUT2D eigenvalue weighted by atomic mass is 10.1. The number of carbonyl (C=O) groups excluding carboxylic acids is 4. The Bertz CT molecular complexity index is 941. The number of nitrogens with one attached hydrogen (secondary N) is 2. The van der Waals surface area contributed by atoms with Crippen LogP contribution in [-0.2, 0) is 19.1 Å². The number of ether oxygens (including phenoxy) is 3. The summed E-state index contributed by atoms with van der Waals surface area (Å²) in [6, 6.07) is 8.99. The Labute approximate surface area is 183 Å². The van der Waals surface area contributed by atoms with Gasteiger partial charge < -0.3 is 24.8 Å². The van der Waals surface area contributed by atoms with Crippen molar-refractivity contribution in [3.63, 3.8) is 0 Å². The lowest BCUT2D eigenvalue weighted by molar-refractivity contribution is -0.147. The van der Waals surface area contributed by atoms with Crippen molar-refractivity contribution in [3.05, 3.63) is 46.3 Å². The van der Waals surface area contributed by atoms with Crippen LogP contribution in [0.3, 0.4) is 0 Å². The maximum absolute atomic E-state index is 12.3. The van der Waals surface area contributed by atoms with E-state index in [9.17, 15) is 19.2 Å². The number of thiophene rings is 1. The number of hydrogen-bond donors (Lipinski definition) is 2. The van der Waals surface area contributed by atoms with Crippen LogP contribution in [0.1, 0.15) is 38.9 Å². The Morgan fingerprint density at radius 1 is 1.06 bits per heavy atom. The van der Waals surface area contributed by atoms with Crippen LogP contribution in [0.4, 0.5) is 5.00 Å². The first-order valence-corrected chi connectivity index (χ1v) is 10.3. The minimum Gasteiger partial charge on any atom is -0.493 e. The molecule has 2 aromatic rings. The third kappa shape index (κ3) is 6.82. The largest absolute Gasteiger partial charge is 0.493 e. The molecule has 2 amide bonds. The number of esters is 2. The van der Waals surface area contributed by atoms with E-state index < -0.39 is 30.4 Å². The van der Waals surface area contributed by atoms with E-state index in [1.165, 1.54) is 7.05 Å². The fraction of sp³-hybridized carbons (Fsp3) is 0.333. The van der Waals surface area contributed by atoms with Gasteiger partial charge in [0.2, 0.25) is 0 Å². The second-order valence-corrected chi connectivity index (χ2v) is 7.20. The summed E-state index contributed by atoms with van der Waals surface area (Å²) in [4.78, 5) is 48.7. The Kier molecular flexibility index (Phi) is 9.01. The van der Waals surface area contributed by atoms with Gasteiger partial charge in [-0.25, -0.2) is 4.79 Å². The molecule has 1 aromatic heterocycles. The summed E-state index contributed by atoms with van der Waals surface area (Å²) in [5, 5.41) is 5.16. The topological polar surface area (TPSA) is 120 Å². The monoisotopic (exact) mass is 448 g/mol. The highest BCUT2D eigenvalue weighted by Gasteiger charge is 2.26. The molecule has 166 valence electrons. The molecule has 0 atom stereocenters. The molecule has 0 unspecified atom stereocenters. The molecule has 0 saturated heterocycles. The molecular weight excluding hydrogens is 424 g/mol. The first-order chi connectivity index (χ1) is 14.9. The van der Waals surface area contributed by atoms with Gasteiger partial charge in [0.1, 0.15) is 10.8 Å². The van der Waals surface area contributed by atoms with E-state index in [4.69, 9.17) is 14.2 Å². The highest BCUT2D eigenvalue weighted by Crippen LogP contribution is 2.33. The minimum absolute atomic E-state index is 0.0326.